The molecule has 0 radical (unpaired) electrons. The maximum absolute atomic E-state index is 5.43. The predicted octanol–water partition coefficient (Wildman–Crippen LogP) is 4.42. The fourth-order valence-corrected chi connectivity index (χ4v) is 3.04. The van der Waals surface area contributed by atoms with Crippen LogP contribution in [-0.4, -0.2) is 34.1 Å². The summed E-state index contributed by atoms with van der Waals surface area (Å²) in [6.07, 6.45) is 2.36. The Bertz CT molecular complexity index is 630. The second-order valence-electron chi connectivity index (χ2n) is 5.52. The molecular weight excluding hydrogens is 381 g/mol. The number of unbranched alkanes of at least 4 members (excludes halogenated alkanes) is 1. The van der Waals surface area contributed by atoms with Gasteiger partial charge < -0.3 is 14.5 Å². The zero-order chi connectivity index (χ0) is 14.7. The van der Waals surface area contributed by atoms with E-state index in [-0.39, 0.29) is 0 Å². The van der Waals surface area contributed by atoms with E-state index in [4.69, 9.17) is 12.2 Å². The van der Waals surface area contributed by atoms with Gasteiger partial charge in [0, 0.05) is 16.2 Å². The van der Waals surface area contributed by atoms with Gasteiger partial charge in [-0.05, 0) is 93.3 Å². The summed E-state index contributed by atoms with van der Waals surface area (Å²) in [5, 5.41) is 0. The Morgan fingerprint density at radius 3 is 2.80 bits per heavy atom. The van der Waals surface area contributed by atoms with E-state index in [9.17, 15) is 0 Å². The SMILES string of the molecule is CC(C)N(C)CCCCn1c(=S)[nH]c2cc(I)ccc21. The number of hydrogen-bond acceptors (Lipinski definition) is 2. The lowest BCUT2D eigenvalue weighted by Gasteiger charge is -2.20. The average molecular weight is 403 g/mol. The van der Waals surface area contributed by atoms with Crippen LogP contribution >= 0.6 is 34.8 Å². The molecule has 1 aromatic carbocycles. The van der Waals surface area contributed by atoms with E-state index in [0.29, 0.717) is 6.04 Å². The summed E-state index contributed by atoms with van der Waals surface area (Å²) in [6, 6.07) is 7.06. The molecule has 0 saturated carbocycles. The first-order chi connectivity index (χ1) is 9.49. The number of hydrogen-bond donors (Lipinski definition) is 1. The Kier molecular flexibility index (Phi) is 5.63. The Morgan fingerprint density at radius 2 is 2.10 bits per heavy atom. The van der Waals surface area contributed by atoms with Crippen LogP contribution in [-0.2, 0) is 6.54 Å². The van der Waals surface area contributed by atoms with Crippen LogP contribution in [0.2, 0.25) is 0 Å². The van der Waals surface area contributed by atoms with Crippen LogP contribution in [0.25, 0.3) is 11.0 Å². The zero-order valence-corrected chi connectivity index (χ0v) is 15.3. The molecule has 0 spiro atoms. The Labute approximate surface area is 139 Å². The van der Waals surface area contributed by atoms with Gasteiger partial charge in [0.1, 0.15) is 0 Å². The number of fused-ring (bicyclic) bond motifs is 1. The van der Waals surface area contributed by atoms with Crippen molar-refractivity contribution < 1.29 is 0 Å². The fraction of sp³-hybridized carbons (Fsp3) is 0.533. The third-order valence-corrected chi connectivity index (χ3v) is 4.75. The van der Waals surface area contributed by atoms with Crippen molar-refractivity contribution in [2.75, 3.05) is 13.6 Å². The number of rotatable bonds is 6. The largest absolute Gasteiger partial charge is 0.331 e. The summed E-state index contributed by atoms with van der Waals surface area (Å²) in [5.74, 6) is 0. The molecule has 1 heterocycles. The molecule has 0 aliphatic heterocycles. The molecule has 1 aromatic heterocycles. The van der Waals surface area contributed by atoms with Crippen LogP contribution < -0.4 is 0 Å². The molecule has 2 rings (SSSR count). The summed E-state index contributed by atoms with van der Waals surface area (Å²) in [5.41, 5.74) is 2.36. The minimum absolute atomic E-state index is 0.618. The second-order valence-corrected chi connectivity index (χ2v) is 7.16. The van der Waals surface area contributed by atoms with Gasteiger partial charge >= 0.3 is 0 Å². The molecule has 0 bridgehead atoms. The Morgan fingerprint density at radius 1 is 1.35 bits per heavy atom. The highest BCUT2D eigenvalue weighted by Crippen LogP contribution is 2.18. The van der Waals surface area contributed by atoms with E-state index in [0.717, 1.165) is 29.8 Å². The quantitative estimate of drug-likeness (QED) is 0.439. The van der Waals surface area contributed by atoms with Crippen LogP contribution in [0.4, 0.5) is 0 Å². The van der Waals surface area contributed by atoms with Gasteiger partial charge in [0.05, 0.1) is 11.0 Å². The molecule has 3 nitrogen and oxygen atoms in total. The van der Waals surface area contributed by atoms with Crippen LogP contribution in [0.5, 0.6) is 0 Å². The Balaban J connectivity index is 2.00. The predicted molar refractivity (Wildman–Crippen MR) is 96.8 cm³/mol. The molecule has 110 valence electrons. The molecule has 0 atom stereocenters. The summed E-state index contributed by atoms with van der Waals surface area (Å²) in [7, 11) is 2.18. The van der Waals surface area contributed by atoms with Crippen molar-refractivity contribution >= 4 is 45.8 Å². The minimum Gasteiger partial charge on any atom is -0.331 e. The highest BCUT2D eigenvalue weighted by atomic mass is 127. The number of aromatic amines is 1. The summed E-state index contributed by atoms with van der Waals surface area (Å²) >= 11 is 7.76. The highest BCUT2D eigenvalue weighted by Gasteiger charge is 2.06. The molecule has 0 aliphatic rings. The summed E-state index contributed by atoms with van der Waals surface area (Å²) in [4.78, 5) is 5.68. The number of H-pyrrole nitrogens is 1. The first-order valence-corrected chi connectivity index (χ1v) is 8.56. The lowest BCUT2D eigenvalue weighted by atomic mass is 10.2. The van der Waals surface area contributed by atoms with E-state index in [1.807, 2.05) is 0 Å². The van der Waals surface area contributed by atoms with Crippen LogP contribution in [0.3, 0.4) is 0 Å². The number of imidazole rings is 1. The number of nitrogens with zero attached hydrogens (tertiary/aromatic N) is 2. The van der Waals surface area contributed by atoms with Crippen molar-refractivity contribution in [2.24, 2.45) is 0 Å². The smallest absolute Gasteiger partial charge is 0.178 e. The van der Waals surface area contributed by atoms with Crippen LogP contribution in [0.15, 0.2) is 18.2 Å². The van der Waals surface area contributed by atoms with Crippen molar-refractivity contribution in [2.45, 2.75) is 39.3 Å². The third kappa shape index (κ3) is 3.83. The molecule has 0 fully saturated rings. The highest BCUT2D eigenvalue weighted by molar-refractivity contribution is 14.1. The van der Waals surface area contributed by atoms with E-state index < -0.39 is 0 Å². The number of aryl methyl sites for hydroxylation is 1. The van der Waals surface area contributed by atoms with Gasteiger partial charge in [-0.15, -0.1) is 0 Å². The molecule has 0 saturated heterocycles. The van der Waals surface area contributed by atoms with E-state index in [1.165, 1.54) is 15.5 Å². The van der Waals surface area contributed by atoms with Gasteiger partial charge in [-0.2, -0.15) is 0 Å². The van der Waals surface area contributed by atoms with E-state index in [2.05, 4.69) is 76.1 Å². The summed E-state index contributed by atoms with van der Waals surface area (Å²) < 4.78 is 4.28. The second kappa shape index (κ2) is 7.04. The maximum Gasteiger partial charge on any atom is 0.178 e. The van der Waals surface area contributed by atoms with Crippen LogP contribution in [0, 0.1) is 8.34 Å². The number of benzene rings is 1. The fourth-order valence-electron chi connectivity index (χ4n) is 2.25. The monoisotopic (exact) mass is 403 g/mol. The number of aromatic nitrogens is 2. The lowest BCUT2D eigenvalue weighted by molar-refractivity contribution is 0.266. The van der Waals surface area contributed by atoms with Gasteiger partial charge in [0.25, 0.3) is 0 Å². The number of halogens is 1. The molecule has 5 heteroatoms. The van der Waals surface area contributed by atoms with Gasteiger partial charge in [-0.25, -0.2) is 0 Å². The van der Waals surface area contributed by atoms with E-state index >= 15 is 0 Å². The van der Waals surface area contributed by atoms with Crippen molar-refractivity contribution in [3.05, 3.63) is 26.5 Å². The van der Waals surface area contributed by atoms with Crippen molar-refractivity contribution in [1.82, 2.24) is 14.5 Å². The molecule has 0 aliphatic carbocycles. The molecule has 0 amide bonds. The van der Waals surface area contributed by atoms with Gasteiger partial charge in [0.15, 0.2) is 4.77 Å². The molecule has 1 N–H and O–H groups in total. The van der Waals surface area contributed by atoms with Crippen LogP contribution in [0.1, 0.15) is 26.7 Å². The van der Waals surface area contributed by atoms with E-state index in [1.54, 1.807) is 0 Å². The van der Waals surface area contributed by atoms with Crippen molar-refractivity contribution in [3.63, 3.8) is 0 Å². The first-order valence-electron chi connectivity index (χ1n) is 7.07. The maximum atomic E-state index is 5.43. The molecular formula is C15H22IN3S. The summed E-state index contributed by atoms with van der Waals surface area (Å²) in [6.45, 7) is 6.60. The van der Waals surface area contributed by atoms with Crippen molar-refractivity contribution in [1.29, 1.82) is 0 Å². The molecule has 20 heavy (non-hydrogen) atoms. The molecule has 0 unspecified atom stereocenters. The van der Waals surface area contributed by atoms with Crippen molar-refractivity contribution in [3.8, 4) is 0 Å². The third-order valence-electron chi connectivity index (χ3n) is 3.76. The first kappa shape index (κ1) is 16.0. The molecule has 2 aromatic rings. The average Bonchev–Trinajstić information content (AvgIpc) is 2.69. The normalized spacial score (nSPS) is 11.9. The zero-order valence-electron chi connectivity index (χ0n) is 12.3. The van der Waals surface area contributed by atoms with Gasteiger partial charge in [-0.1, -0.05) is 0 Å². The Hall–Kier alpha value is -0.400. The minimum atomic E-state index is 0.618. The lowest BCUT2D eigenvalue weighted by Crippen LogP contribution is -2.27. The van der Waals surface area contributed by atoms with Gasteiger partial charge in [0.2, 0.25) is 0 Å². The topological polar surface area (TPSA) is 24.0 Å². The number of nitrogens with one attached hydrogen (secondary N) is 1. The van der Waals surface area contributed by atoms with Gasteiger partial charge in [-0.3, -0.25) is 0 Å². The standard InChI is InChI=1S/C15H22IN3S/c1-11(2)18(3)8-4-5-9-19-14-7-6-12(16)10-13(14)17-15(19)20/h6-7,10-11H,4-5,8-9H2,1-3H3,(H,17,20).